The number of benzene rings is 7. The fourth-order valence-corrected chi connectivity index (χ4v) is 10.8. The molecule has 7 aromatic rings. The maximum Gasteiger partial charge on any atom is 0.252 e. The third-order valence-electron chi connectivity index (χ3n) is 14.7. The predicted octanol–water partition coefficient (Wildman–Crippen LogP) is 15.0. The van der Waals surface area contributed by atoms with E-state index in [1.54, 1.807) is 0 Å². The van der Waals surface area contributed by atoms with E-state index in [4.69, 9.17) is 9.47 Å². The molecule has 0 unspecified atom stereocenters. The summed E-state index contributed by atoms with van der Waals surface area (Å²) in [7, 11) is 0. The Bertz CT molecular complexity index is 3030. The van der Waals surface area contributed by atoms with Crippen molar-refractivity contribution in [3.8, 4) is 33.8 Å². The minimum atomic E-state index is -0.0683. The van der Waals surface area contributed by atoms with E-state index < -0.39 is 0 Å². The molecule has 68 heavy (non-hydrogen) atoms. The van der Waals surface area contributed by atoms with Crippen LogP contribution < -0.4 is 35.7 Å². The Morgan fingerprint density at radius 3 is 1.35 bits per heavy atom. The SMILES string of the molecule is Cc1cc2c3c(c1)N(c1c(C)cc(C(C)(C)C)cc1C)c1cc4c(cc1B3c1cc(C(C)(C)C)ccc1N2c1cc(-c2ccc(C(C)(C)C)cc2)cc(-c2ccc(C(C)(C)C)cc2)c1)OCCO4. The number of hydrogen-bond donors (Lipinski definition) is 0. The van der Waals surface area contributed by atoms with E-state index in [1.165, 1.54) is 100 Å². The first-order valence-electron chi connectivity index (χ1n) is 24.8. The summed E-state index contributed by atoms with van der Waals surface area (Å²) >= 11 is 0. The monoisotopic (exact) mass is 897 g/mol. The molecule has 0 fully saturated rings. The molecule has 3 heterocycles. The molecule has 5 heteroatoms. The molecule has 0 N–H and O–H groups in total. The molecule has 0 spiro atoms. The molecule has 0 aromatic heterocycles. The van der Waals surface area contributed by atoms with E-state index in [0.29, 0.717) is 13.2 Å². The lowest BCUT2D eigenvalue weighted by Crippen LogP contribution is -2.61. The molecular formula is C63H69BN2O2. The van der Waals surface area contributed by atoms with Crippen LogP contribution in [0.5, 0.6) is 11.5 Å². The Labute approximate surface area is 407 Å². The van der Waals surface area contributed by atoms with Gasteiger partial charge in [-0.2, -0.15) is 0 Å². The third kappa shape index (κ3) is 7.90. The van der Waals surface area contributed by atoms with Gasteiger partial charge in [-0.05, 0) is 162 Å². The lowest BCUT2D eigenvalue weighted by molar-refractivity contribution is 0.172. The van der Waals surface area contributed by atoms with Gasteiger partial charge in [-0.15, -0.1) is 0 Å². The van der Waals surface area contributed by atoms with Crippen LogP contribution in [0, 0.1) is 20.8 Å². The normalized spacial score (nSPS) is 14.4. The molecule has 0 atom stereocenters. The van der Waals surface area contributed by atoms with Crippen LogP contribution >= 0.6 is 0 Å². The molecule has 0 bridgehead atoms. The summed E-state index contributed by atoms with van der Waals surface area (Å²) in [5.41, 5.74) is 24.7. The van der Waals surface area contributed by atoms with Gasteiger partial charge >= 0.3 is 0 Å². The topological polar surface area (TPSA) is 24.9 Å². The van der Waals surface area contributed by atoms with Crippen LogP contribution in [0.25, 0.3) is 22.3 Å². The fourth-order valence-electron chi connectivity index (χ4n) is 10.8. The second-order valence-electron chi connectivity index (χ2n) is 24.0. The summed E-state index contributed by atoms with van der Waals surface area (Å²) in [4.78, 5) is 5.13. The van der Waals surface area contributed by atoms with Crippen LogP contribution in [0.4, 0.5) is 34.1 Å². The standard InChI is InChI=1S/C63H69BN2O2/c1-38-28-54-58-55(29-38)66(59-39(2)30-48(31-40(59)3)63(13,14)15)53-37-57-56(67-26-27-68-57)36-51(53)64(58)50-35-47(62(10,11)12)24-25-52(50)65(54)49-33-43(41-16-20-45(21-17-41)60(4,5)6)32-44(34-49)42-18-22-46(23-19-42)61(7,8)9/h16-25,28-37H,26-27H2,1-15H3. The number of hydrogen-bond acceptors (Lipinski definition) is 4. The number of anilines is 6. The van der Waals surface area contributed by atoms with Gasteiger partial charge < -0.3 is 19.3 Å². The third-order valence-corrected chi connectivity index (χ3v) is 14.7. The Morgan fingerprint density at radius 2 is 0.853 bits per heavy atom. The summed E-state index contributed by atoms with van der Waals surface area (Å²) in [6, 6.07) is 47.2. The highest BCUT2D eigenvalue weighted by molar-refractivity contribution is 7.00. The number of nitrogens with zero attached hydrogens (tertiary/aromatic N) is 2. The lowest BCUT2D eigenvalue weighted by atomic mass is 9.33. The Hall–Kier alpha value is -6.20. The van der Waals surface area contributed by atoms with Crippen molar-refractivity contribution >= 4 is 57.2 Å². The van der Waals surface area contributed by atoms with E-state index in [-0.39, 0.29) is 28.4 Å². The van der Waals surface area contributed by atoms with Gasteiger partial charge in [-0.3, -0.25) is 0 Å². The first-order valence-corrected chi connectivity index (χ1v) is 24.8. The van der Waals surface area contributed by atoms with E-state index in [2.05, 4.69) is 235 Å². The maximum absolute atomic E-state index is 6.44. The Balaban J connectivity index is 1.28. The number of fused-ring (bicyclic) bond motifs is 5. The molecule has 3 aliphatic heterocycles. The Kier molecular flexibility index (Phi) is 10.7. The van der Waals surface area contributed by atoms with Gasteiger partial charge in [0.15, 0.2) is 11.5 Å². The van der Waals surface area contributed by atoms with Gasteiger partial charge in [0, 0.05) is 34.5 Å². The van der Waals surface area contributed by atoms with Gasteiger partial charge in [0.05, 0.1) is 5.69 Å². The molecule has 0 amide bonds. The fraction of sp³-hybridized carbons (Fsp3) is 0.333. The van der Waals surface area contributed by atoms with Crippen molar-refractivity contribution in [2.24, 2.45) is 0 Å². The van der Waals surface area contributed by atoms with Crippen molar-refractivity contribution in [3.05, 3.63) is 160 Å². The van der Waals surface area contributed by atoms with Crippen molar-refractivity contribution in [2.45, 2.75) is 126 Å². The zero-order valence-corrected chi connectivity index (χ0v) is 43.2. The average Bonchev–Trinajstić information content (AvgIpc) is 3.27. The van der Waals surface area contributed by atoms with Gasteiger partial charge in [0.25, 0.3) is 6.71 Å². The van der Waals surface area contributed by atoms with Crippen molar-refractivity contribution < 1.29 is 9.47 Å². The highest BCUT2D eigenvalue weighted by Crippen LogP contribution is 2.50. The molecule has 0 aliphatic carbocycles. The first-order chi connectivity index (χ1) is 32.0. The zero-order valence-electron chi connectivity index (χ0n) is 43.2. The maximum atomic E-state index is 6.44. The van der Waals surface area contributed by atoms with Crippen LogP contribution in [0.1, 0.15) is 122 Å². The molecule has 0 saturated heterocycles. The number of rotatable bonds is 4. The largest absolute Gasteiger partial charge is 0.486 e. The van der Waals surface area contributed by atoms with Gasteiger partial charge in [-0.25, -0.2) is 0 Å². The number of aryl methyl sites for hydroxylation is 3. The summed E-state index contributed by atoms with van der Waals surface area (Å²) in [5.74, 6) is 1.61. The van der Waals surface area contributed by atoms with Gasteiger partial charge in [0.1, 0.15) is 13.2 Å². The molecule has 7 aromatic carbocycles. The minimum absolute atomic E-state index is 0.0112. The van der Waals surface area contributed by atoms with Crippen molar-refractivity contribution in [1.82, 2.24) is 0 Å². The second-order valence-corrected chi connectivity index (χ2v) is 24.0. The molecule has 0 saturated carbocycles. The van der Waals surface area contributed by atoms with Crippen LogP contribution in [0.3, 0.4) is 0 Å². The smallest absolute Gasteiger partial charge is 0.252 e. The summed E-state index contributed by atoms with van der Waals surface area (Å²) in [6.45, 7) is 35.5. The van der Waals surface area contributed by atoms with Crippen molar-refractivity contribution in [1.29, 1.82) is 0 Å². The van der Waals surface area contributed by atoms with Crippen LogP contribution in [0.2, 0.25) is 0 Å². The van der Waals surface area contributed by atoms with Crippen LogP contribution in [-0.2, 0) is 21.7 Å². The second kappa shape index (κ2) is 15.9. The van der Waals surface area contributed by atoms with E-state index in [1.807, 2.05) is 0 Å². The predicted molar refractivity (Wildman–Crippen MR) is 291 cm³/mol. The van der Waals surface area contributed by atoms with Gasteiger partial charge in [0.2, 0.25) is 0 Å². The molecule has 346 valence electrons. The molecule has 4 nitrogen and oxygen atoms in total. The summed E-state index contributed by atoms with van der Waals surface area (Å²) < 4.78 is 12.8. The first kappa shape index (κ1) is 45.6. The van der Waals surface area contributed by atoms with E-state index in [0.717, 1.165) is 22.9 Å². The van der Waals surface area contributed by atoms with Gasteiger partial charge in [-0.1, -0.05) is 156 Å². The molecule has 0 radical (unpaired) electrons. The molecular weight excluding hydrogens is 828 g/mol. The average molecular weight is 897 g/mol. The zero-order chi connectivity index (χ0) is 48.4. The van der Waals surface area contributed by atoms with Crippen molar-refractivity contribution in [3.63, 3.8) is 0 Å². The minimum Gasteiger partial charge on any atom is -0.486 e. The van der Waals surface area contributed by atoms with Crippen LogP contribution in [-0.4, -0.2) is 19.9 Å². The highest BCUT2D eigenvalue weighted by Gasteiger charge is 2.45. The Morgan fingerprint density at radius 1 is 0.397 bits per heavy atom. The summed E-state index contributed by atoms with van der Waals surface area (Å²) in [6.07, 6.45) is 0. The highest BCUT2D eigenvalue weighted by atomic mass is 16.6. The summed E-state index contributed by atoms with van der Waals surface area (Å²) in [5, 5.41) is 0. The van der Waals surface area contributed by atoms with Crippen LogP contribution in [0.15, 0.2) is 121 Å². The lowest BCUT2D eigenvalue weighted by Gasteiger charge is -2.45. The molecule has 10 rings (SSSR count). The number of ether oxygens (including phenoxy) is 2. The van der Waals surface area contributed by atoms with Crippen molar-refractivity contribution in [2.75, 3.05) is 23.0 Å². The quantitative estimate of drug-likeness (QED) is 0.164. The molecule has 3 aliphatic rings. The van der Waals surface area contributed by atoms with E-state index in [9.17, 15) is 0 Å². The van der Waals surface area contributed by atoms with E-state index >= 15 is 0 Å².